The second kappa shape index (κ2) is 3.18. The Morgan fingerprint density at radius 3 is 2.42 bits per heavy atom. The summed E-state index contributed by atoms with van der Waals surface area (Å²) in [7, 11) is 0. The number of rotatable bonds is 2. The van der Waals surface area contributed by atoms with E-state index in [0.717, 1.165) is 0 Å². The number of cyclic esters (lactones) is 1. The average molecular weight is 176 g/mol. The molecule has 6 heteroatoms. The number of aliphatic hydroxyl groups excluding tert-OH is 3. The van der Waals surface area contributed by atoms with Crippen molar-refractivity contribution >= 4 is 11.8 Å². The minimum atomic E-state index is -1.67. The van der Waals surface area contributed by atoms with Gasteiger partial charge in [-0.3, -0.25) is 4.79 Å². The van der Waals surface area contributed by atoms with E-state index < -0.39 is 36.7 Å². The fourth-order valence-electron chi connectivity index (χ4n) is 0.909. The summed E-state index contributed by atoms with van der Waals surface area (Å²) >= 11 is 0. The number of ketones is 1. The molecule has 6 nitrogen and oxygen atoms in total. The van der Waals surface area contributed by atoms with E-state index in [9.17, 15) is 9.59 Å². The molecule has 0 aromatic carbocycles. The first kappa shape index (κ1) is 9.11. The number of ether oxygens (including phenoxy) is 1. The predicted octanol–water partition coefficient (Wildman–Crippen LogP) is -2.81. The van der Waals surface area contributed by atoms with E-state index >= 15 is 0 Å². The van der Waals surface area contributed by atoms with Gasteiger partial charge in [0.05, 0.1) is 6.61 Å². The Morgan fingerprint density at radius 2 is 2.08 bits per heavy atom. The van der Waals surface area contributed by atoms with Gasteiger partial charge in [-0.2, -0.15) is 0 Å². The largest absolute Gasteiger partial charge is 0.450 e. The van der Waals surface area contributed by atoms with Crippen LogP contribution in [0.2, 0.25) is 0 Å². The summed E-state index contributed by atoms with van der Waals surface area (Å²) in [5, 5.41) is 26.3. The monoisotopic (exact) mass is 176 g/mol. The first-order valence-corrected chi connectivity index (χ1v) is 3.29. The van der Waals surface area contributed by atoms with Crippen molar-refractivity contribution in [1.29, 1.82) is 0 Å². The predicted molar refractivity (Wildman–Crippen MR) is 34.0 cm³/mol. The summed E-state index contributed by atoms with van der Waals surface area (Å²) in [6.45, 7) is -0.678. The highest BCUT2D eigenvalue weighted by Crippen LogP contribution is 2.14. The van der Waals surface area contributed by atoms with Crippen LogP contribution in [0.5, 0.6) is 0 Å². The van der Waals surface area contributed by atoms with Crippen molar-refractivity contribution < 1.29 is 29.6 Å². The zero-order valence-corrected chi connectivity index (χ0v) is 6.01. The summed E-state index contributed by atoms with van der Waals surface area (Å²) in [6.07, 6.45) is -4.43. The van der Waals surface area contributed by atoms with E-state index in [2.05, 4.69) is 4.74 Å². The van der Waals surface area contributed by atoms with Crippen LogP contribution in [0.4, 0.5) is 0 Å². The van der Waals surface area contributed by atoms with Crippen LogP contribution in [-0.4, -0.2) is 52.0 Å². The van der Waals surface area contributed by atoms with Gasteiger partial charge in [-0.25, -0.2) is 4.79 Å². The van der Waals surface area contributed by atoms with Crippen LogP contribution >= 0.6 is 0 Å². The van der Waals surface area contributed by atoms with E-state index in [4.69, 9.17) is 15.3 Å². The molecule has 1 aliphatic heterocycles. The van der Waals surface area contributed by atoms with Gasteiger partial charge in [0, 0.05) is 0 Å². The Bertz CT molecular complexity index is 212. The Hall–Kier alpha value is -0.980. The van der Waals surface area contributed by atoms with E-state index in [0.29, 0.717) is 0 Å². The zero-order chi connectivity index (χ0) is 9.30. The van der Waals surface area contributed by atoms with Gasteiger partial charge in [-0.1, -0.05) is 0 Å². The second-order valence-corrected chi connectivity index (χ2v) is 2.43. The summed E-state index contributed by atoms with van der Waals surface area (Å²) in [5.74, 6) is -2.27. The van der Waals surface area contributed by atoms with Crippen molar-refractivity contribution in [2.24, 2.45) is 0 Å². The van der Waals surface area contributed by atoms with E-state index in [1.54, 1.807) is 0 Å². The highest BCUT2D eigenvalue weighted by molar-refractivity contribution is 6.37. The number of hydrogen-bond donors (Lipinski definition) is 3. The fourth-order valence-corrected chi connectivity index (χ4v) is 0.909. The molecule has 1 saturated heterocycles. The van der Waals surface area contributed by atoms with Gasteiger partial charge in [0.15, 0.2) is 12.2 Å². The van der Waals surface area contributed by atoms with Gasteiger partial charge in [-0.05, 0) is 0 Å². The Balaban J connectivity index is 2.70. The highest BCUT2D eigenvalue weighted by atomic mass is 16.6. The first-order valence-electron chi connectivity index (χ1n) is 3.29. The van der Waals surface area contributed by atoms with Crippen molar-refractivity contribution in [3.05, 3.63) is 0 Å². The van der Waals surface area contributed by atoms with Crippen LogP contribution in [0.1, 0.15) is 0 Å². The van der Waals surface area contributed by atoms with Gasteiger partial charge in [-0.15, -0.1) is 0 Å². The molecule has 0 radical (unpaired) electrons. The molecule has 1 rings (SSSR count). The lowest BCUT2D eigenvalue weighted by Crippen LogP contribution is -2.38. The van der Waals surface area contributed by atoms with E-state index in [1.165, 1.54) is 0 Å². The topological polar surface area (TPSA) is 104 Å². The number of carbonyl (C=O) groups is 2. The maximum Gasteiger partial charge on any atom is 0.378 e. The van der Waals surface area contributed by atoms with Gasteiger partial charge in [0.25, 0.3) is 5.78 Å². The molecule has 3 N–H and O–H groups in total. The van der Waals surface area contributed by atoms with Crippen molar-refractivity contribution in [2.75, 3.05) is 6.61 Å². The van der Waals surface area contributed by atoms with Crippen LogP contribution in [0.25, 0.3) is 0 Å². The van der Waals surface area contributed by atoms with Gasteiger partial charge in [0.2, 0.25) is 0 Å². The Morgan fingerprint density at radius 1 is 1.50 bits per heavy atom. The van der Waals surface area contributed by atoms with Crippen LogP contribution in [0, 0.1) is 0 Å². The minimum Gasteiger partial charge on any atom is -0.450 e. The summed E-state index contributed by atoms with van der Waals surface area (Å²) in [5.41, 5.74) is 0. The van der Waals surface area contributed by atoms with Crippen molar-refractivity contribution in [2.45, 2.75) is 18.3 Å². The summed E-state index contributed by atoms with van der Waals surface area (Å²) < 4.78 is 4.29. The molecule has 0 saturated carbocycles. The SMILES string of the molecule is O=C1O[C@@H]([C@H](O)CO)C(O)C1=O. The minimum absolute atomic E-state index is 0.678. The zero-order valence-electron chi connectivity index (χ0n) is 6.01. The summed E-state index contributed by atoms with van der Waals surface area (Å²) in [4.78, 5) is 21.1. The number of hydrogen-bond acceptors (Lipinski definition) is 6. The molecule has 1 heterocycles. The molecule has 3 atom stereocenters. The smallest absolute Gasteiger partial charge is 0.378 e. The lowest BCUT2D eigenvalue weighted by Gasteiger charge is -2.15. The number of aliphatic hydroxyl groups is 3. The average Bonchev–Trinajstić information content (AvgIpc) is 2.32. The normalized spacial score (nSPS) is 31.9. The molecule has 0 spiro atoms. The third-order valence-electron chi connectivity index (χ3n) is 1.59. The molecule has 68 valence electrons. The number of carbonyl (C=O) groups excluding carboxylic acids is 2. The number of Topliss-reactive ketones (excluding diaryl/α,β-unsaturated/α-hetero) is 1. The van der Waals surface area contributed by atoms with Gasteiger partial charge >= 0.3 is 5.97 Å². The fraction of sp³-hybridized carbons (Fsp3) is 0.667. The molecular weight excluding hydrogens is 168 g/mol. The van der Waals surface area contributed by atoms with Crippen LogP contribution < -0.4 is 0 Å². The lowest BCUT2D eigenvalue weighted by atomic mass is 10.1. The molecule has 0 bridgehead atoms. The van der Waals surface area contributed by atoms with Crippen LogP contribution in [-0.2, 0) is 14.3 Å². The van der Waals surface area contributed by atoms with Gasteiger partial charge in [0.1, 0.15) is 6.10 Å². The second-order valence-electron chi connectivity index (χ2n) is 2.43. The molecule has 12 heavy (non-hydrogen) atoms. The first-order chi connectivity index (χ1) is 5.57. The molecule has 1 aliphatic rings. The third kappa shape index (κ3) is 1.31. The van der Waals surface area contributed by atoms with Crippen molar-refractivity contribution in [1.82, 2.24) is 0 Å². The Labute approximate surface area is 67.4 Å². The molecular formula is C6H8O6. The van der Waals surface area contributed by atoms with Crippen LogP contribution in [0.15, 0.2) is 0 Å². The van der Waals surface area contributed by atoms with E-state index in [-0.39, 0.29) is 0 Å². The molecule has 0 aliphatic carbocycles. The lowest BCUT2D eigenvalue weighted by molar-refractivity contribution is -0.152. The molecule has 1 unspecified atom stereocenters. The highest BCUT2D eigenvalue weighted by Gasteiger charge is 2.45. The summed E-state index contributed by atoms with van der Waals surface area (Å²) in [6, 6.07) is 0. The maximum absolute atomic E-state index is 10.6. The molecule has 0 aromatic heterocycles. The third-order valence-corrected chi connectivity index (χ3v) is 1.59. The van der Waals surface area contributed by atoms with Crippen LogP contribution in [0.3, 0.4) is 0 Å². The molecule has 0 aromatic rings. The quantitative estimate of drug-likeness (QED) is 0.310. The maximum atomic E-state index is 10.6. The van der Waals surface area contributed by atoms with E-state index in [1.807, 2.05) is 0 Å². The molecule has 0 amide bonds. The number of esters is 1. The van der Waals surface area contributed by atoms with Crippen molar-refractivity contribution in [3.63, 3.8) is 0 Å². The Kier molecular flexibility index (Phi) is 2.41. The molecule has 1 fully saturated rings. The van der Waals surface area contributed by atoms with Gasteiger partial charge < -0.3 is 20.1 Å². The van der Waals surface area contributed by atoms with Crippen molar-refractivity contribution in [3.8, 4) is 0 Å². The standard InChI is InChI=1S/C6H8O6/c7-1-2(8)5-3(9)4(10)6(11)12-5/h2-3,5,7-9H,1H2/t2-,3?,5+/m1/s1.